The zero-order valence-corrected chi connectivity index (χ0v) is 10.4. The van der Waals surface area contributed by atoms with Crippen LogP contribution < -0.4 is 0 Å². The molecule has 78 valence electrons. The van der Waals surface area contributed by atoms with E-state index < -0.39 is 0 Å². The van der Waals surface area contributed by atoms with E-state index in [-0.39, 0.29) is 5.91 Å². The van der Waals surface area contributed by atoms with Gasteiger partial charge in [0.2, 0.25) is 5.91 Å². The lowest BCUT2D eigenvalue weighted by Crippen LogP contribution is -2.35. The van der Waals surface area contributed by atoms with Gasteiger partial charge in [0.1, 0.15) is 0 Å². The number of alkyl halides is 1. The number of unbranched alkanes of at least 4 members (excludes halogenated alkanes) is 2. The molecule has 0 aliphatic heterocycles. The lowest BCUT2D eigenvalue weighted by molar-refractivity contribution is -0.131. The Morgan fingerprint density at radius 2 is 2.08 bits per heavy atom. The molecule has 1 amide bonds. The highest BCUT2D eigenvalue weighted by molar-refractivity contribution is 9.09. The SMILES string of the molecule is CCCCCC(=O)N(C)C(C)CBr. The average molecular weight is 250 g/mol. The number of hydrogen-bond acceptors (Lipinski definition) is 1. The lowest BCUT2D eigenvalue weighted by Gasteiger charge is -2.23. The van der Waals surface area contributed by atoms with Crippen LogP contribution >= 0.6 is 15.9 Å². The minimum absolute atomic E-state index is 0.264. The number of nitrogens with zero attached hydrogens (tertiary/aromatic N) is 1. The molecule has 0 bridgehead atoms. The first-order valence-corrected chi connectivity index (χ1v) is 6.07. The Morgan fingerprint density at radius 3 is 2.54 bits per heavy atom. The second kappa shape index (κ2) is 7.36. The van der Waals surface area contributed by atoms with Crippen molar-refractivity contribution in [3.05, 3.63) is 0 Å². The van der Waals surface area contributed by atoms with Crippen molar-refractivity contribution >= 4 is 21.8 Å². The third-order valence-corrected chi connectivity index (χ3v) is 3.21. The summed E-state index contributed by atoms with van der Waals surface area (Å²) in [4.78, 5) is 13.3. The Labute approximate surface area is 89.8 Å². The van der Waals surface area contributed by atoms with E-state index in [4.69, 9.17) is 0 Å². The van der Waals surface area contributed by atoms with Gasteiger partial charge in [-0.25, -0.2) is 0 Å². The van der Waals surface area contributed by atoms with E-state index in [0.717, 1.165) is 18.2 Å². The molecule has 0 rings (SSSR count). The molecule has 0 radical (unpaired) electrons. The molecular weight excluding hydrogens is 230 g/mol. The Balaban J connectivity index is 3.69. The fourth-order valence-electron chi connectivity index (χ4n) is 1.05. The Bertz CT molecular complexity index is 150. The van der Waals surface area contributed by atoms with Crippen molar-refractivity contribution in [3.8, 4) is 0 Å². The summed E-state index contributed by atoms with van der Waals surface area (Å²) in [5.74, 6) is 0.264. The van der Waals surface area contributed by atoms with E-state index in [2.05, 4.69) is 22.9 Å². The van der Waals surface area contributed by atoms with Crippen LogP contribution in [0.4, 0.5) is 0 Å². The van der Waals surface area contributed by atoms with Gasteiger partial charge in [0, 0.05) is 24.8 Å². The van der Waals surface area contributed by atoms with Crippen molar-refractivity contribution in [2.24, 2.45) is 0 Å². The molecule has 0 aliphatic carbocycles. The van der Waals surface area contributed by atoms with E-state index in [9.17, 15) is 4.79 Å². The first-order valence-electron chi connectivity index (χ1n) is 4.95. The van der Waals surface area contributed by atoms with Crippen LogP contribution in [0.1, 0.15) is 39.5 Å². The second-order valence-electron chi connectivity index (χ2n) is 3.47. The molecule has 13 heavy (non-hydrogen) atoms. The number of halogens is 1. The van der Waals surface area contributed by atoms with Gasteiger partial charge in [0.05, 0.1) is 0 Å². The average Bonchev–Trinajstić information content (AvgIpc) is 2.15. The Kier molecular flexibility index (Phi) is 7.33. The molecule has 1 unspecified atom stereocenters. The summed E-state index contributed by atoms with van der Waals surface area (Å²) in [5, 5.41) is 0.850. The maximum atomic E-state index is 11.5. The standard InChI is InChI=1S/C10H20BrNO/c1-4-5-6-7-10(13)12(3)9(2)8-11/h9H,4-8H2,1-3H3. The maximum absolute atomic E-state index is 11.5. The van der Waals surface area contributed by atoms with Gasteiger partial charge >= 0.3 is 0 Å². The van der Waals surface area contributed by atoms with Crippen LogP contribution in [-0.4, -0.2) is 29.2 Å². The van der Waals surface area contributed by atoms with Gasteiger partial charge in [-0.15, -0.1) is 0 Å². The number of carbonyl (C=O) groups excluding carboxylic acids is 1. The molecule has 0 spiro atoms. The third kappa shape index (κ3) is 5.29. The van der Waals surface area contributed by atoms with Crippen LogP contribution in [0.3, 0.4) is 0 Å². The Hall–Kier alpha value is -0.0500. The van der Waals surface area contributed by atoms with Crippen molar-refractivity contribution in [2.45, 2.75) is 45.6 Å². The first-order chi connectivity index (χ1) is 6.13. The highest BCUT2D eigenvalue weighted by atomic mass is 79.9. The molecule has 2 nitrogen and oxygen atoms in total. The van der Waals surface area contributed by atoms with E-state index in [1.165, 1.54) is 6.42 Å². The molecule has 0 fully saturated rings. The lowest BCUT2D eigenvalue weighted by atomic mass is 10.2. The molecule has 0 aromatic carbocycles. The molecule has 0 aromatic heterocycles. The maximum Gasteiger partial charge on any atom is 0.222 e. The fourth-order valence-corrected chi connectivity index (χ4v) is 1.49. The first kappa shape index (κ1) is 12.9. The highest BCUT2D eigenvalue weighted by Crippen LogP contribution is 2.06. The highest BCUT2D eigenvalue weighted by Gasteiger charge is 2.13. The molecular formula is C10H20BrNO. The van der Waals surface area contributed by atoms with E-state index >= 15 is 0 Å². The summed E-state index contributed by atoms with van der Waals surface area (Å²) < 4.78 is 0. The van der Waals surface area contributed by atoms with Crippen LogP contribution in [0.15, 0.2) is 0 Å². The summed E-state index contributed by atoms with van der Waals surface area (Å²) in [7, 11) is 1.88. The minimum atomic E-state index is 0.264. The van der Waals surface area contributed by atoms with Crippen LogP contribution in [0, 0.1) is 0 Å². The van der Waals surface area contributed by atoms with Crippen LogP contribution in [0.2, 0.25) is 0 Å². The van der Waals surface area contributed by atoms with E-state index in [0.29, 0.717) is 12.5 Å². The van der Waals surface area contributed by atoms with Crippen molar-refractivity contribution in [1.82, 2.24) is 4.90 Å². The van der Waals surface area contributed by atoms with Gasteiger partial charge in [-0.3, -0.25) is 4.79 Å². The molecule has 0 aromatic rings. The Morgan fingerprint density at radius 1 is 1.46 bits per heavy atom. The van der Waals surface area contributed by atoms with Gasteiger partial charge in [0.15, 0.2) is 0 Å². The van der Waals surface area contributed by atoms with Crippen molar-refractivity contribution in [2.75, 3.05) is 12.4 Å². The molecule has 1 atom stereocenters. The topological polar surface area (TPSA) is 20.3 Å². The van der Waals surface area contributed by atoms with Crippen LogP contribution in [-0.2, 0) is 4.79 Å². The summed E-state index contributed by atoms with van der Waals surface area (Å²) in [6, 6.07) is 0.300. The van der Waals surface area contributed by atoms with Crippen LogP contribution in [0.5, 0.6) is 0 Å². The molecule has 0 saturated heterocycles. The predicted octanol–water partition coefficient (Wildman–Crippen LogP) is 2.81. The third-order valence-electron chi connectivity index (χ3n) is 2.27. The van der Waals surface area contributed by atoms with Crippen molar-refractivity contribution in [3.63, 3.8) is 0 Å². The summed E-state index contributed by atoms with van der Waals surface area (Å²) in [6.07, 6.45) is 4.05. The predicted molar refractivity (Wildman–Crippen MR) is 60.2 cm³/mol. The molecule has 0 saturated carbocycles. The van der Waals surface area contributed by atoms with Crippen molar-refractivity contribution in [1.29, 1.82) is 0 Å². The van der Waals surface area contributed by atoms with Gasteiger partial charge < -0.3 is 4.90 Å². The van der Waals surface area contributed by atoms with Gasteiger partial charge in [0.25, 0.3) is 0 Å². The van der Waals surface area contributed by atoms with Gasteiger partial charge in [-0.1, -0.05) is 35.7 Å². The normalized spacial score (nSPS) is 12.6. The minimum Gasteiger partial charge on any atom is -0.342 e. The summed E-state index contributed by atoms with van der Waals surface area (Å²) in [5.41, 5.74) is 0. The number of carbonyl (C=O) groups is 1. The monoisotopic (exact) mass is 249 g/mol. The smallest absolute Gasteiger partial charge is 0.222 e. The number of rotatable bonds is 6. The largest absolute Gasteiger partial charge is 0.342 e. The number of hydrogen-bond donors (Lipinski definition) is 0. The zero-order chi connectivity index (χ0) is 10.3. The van der Waals surface area contributed by atoms with Crippen molar-refractivity contribution < 1.29 is 4.79 Å². The van der Waals surface area contributed by atoms with Crippen LogP contribution in [0.25, 0.3) is 0 Å². The fraction of sp³-hybridized carbons (Fsp3) is 0.900. The quantitative estimate of drug-likeness (QED) is 0.524. The summed E-state index contributed by atoms with van der Waals surface area (Å²) >= 11 is 3.37. The second-order valence-corrected chi connectivity index (χ2v) is 4.11. The van der Waals surface area contributed by atoms with Gasteiger partial charge in [-0.2, -0.15) is 0 Å². The van der Waals surface area contributed by atoms with E-state index in [1.54, 1.807) is 0 Å². The molecule has 0 aliphatic rings. The van der Waals surface area contributed by atoms with E-state index in [1.807, 2.05) is 18.9 Å². The molecule has 0 N–H and O–H groups in total. The summed E-state index contributed by atoms with van der Waals surface area (Å²) in [6.45, 7) is 4.20. The zero-order valence-electron chi connectivity index (χ0n) is 8.85. The molecule has 0 heterocycles. The van der Waals surface area contributed by atoms with Gasteiger partial charge in [-0.05, 0) is 13.3 Å². The number of amides is 1. The molecule has 3 heteroatoms.